The van der Waals surface area contributed by atoms with E-state index in [1.807, 2.05) is 6.07 Å². The van der Waals surface area contributed by atoms with Gasteiger partial charge in [-0.1, -0.05) is 24.4 Å². The highest BCUT2D eigenvalue weighted by Crippen LogP contribution is 2.41. The normalized spacial score (nSPS) is 19.0. The first-order valence-electron chi connectivity index (χ1n) is 4.29. The minimum Gasteiger partial charge on any atom is -0.388 e. The van der Waals surface area contributed by atoms with Crippen molar-refractivity contribution in [2.75, 3.05) is 0 Å². The molecule has 0 amide bonds. The van der Waals surface area contributed by atoms with Crippen LogP contribution in [0.25, 0.3) is 0 Å². The number of hydrogen-bond donors (Lipinski definition) is 1. The average molecular weight is 282 g/mol. The Morgan fingerprint density at radius 1 is 1.69 bits per heavy atom. The van der Waals surface area contributed by atoms with Gasteiger partial charge in [-0.05, 0) is 34.3 Å². The summed E-state index contributed by atoms with van der Waals surface area (Å²) in [5.41, 5.74) is 0. The van der Waals surface area contributed by atoms with Gasteiger partial charge in [0.05, 0.1) is 6.10 Å². The Bertz CT molecular complexity index is 289. The highest BCUT2D eigenvalue weighted by Gasteiger charge is 2.26. The average Bonchev–Trinajstić information content (AvgIpc) is 2.81. The van der Waals surface area contributed by atoms with Crippen molar-refractivity contribution >= 4 is 38.9 Å². The van der Waals surface area contributed by atoms with Crippen LogP contribution in [-0.4, -0.2) is 5.11 Å². The van der Waals surface area contributed by atoms with Gasteiger partial charge in [0.1, 0.15) is 4.34 Å². The van der Waals surface area contributed by atoms with E-state index in [1.54, 1.807) is 0 Å². The Morgan fingerprint density at radius 2 is 2.38 bits per heavy atom. The van der Waals surface area contributed by atoms with Gasteiger partial charge in [0.25, 0.3) is 0 Å². The second kappa shape index (κ2) is 3.89. The molecule has 0 radical (unpaired) electrons. The van der Waals surface area contributed by atoms with E-state index in [1.165, 1.54) is 24.2 Å². The van der Waals surface area contributed by atoms with Crippen LogP contribution >= 0.6 is 38.9 Å². The summed E-state index contributed by atoms with van der Waals surface area (Å²) < 4.78 is 1.62. The third kappa shape index (κ3) is 2.46. The summed E-state index contributed by atoms with van der Waals surface area (Å²) in [6, 6.07) is 1.92. The van der Waals surface area contributed by atoms with Crippen molar-refractivity contribution in [3.05, 3.63) is 19.8 Å². The molecule has 0 spiro atoms. The summed E-state index contributed by atoms with van der Waals surface area (Å²) in [5, 5.41) is 9.80. The lowest BCUT2D eigenvalue weighted by Crippen LogP contribution is -1.94. The summed E-state index contributed by atoms with van der Waals surface area (Å²) in [6.07, 6.45) is 3.12. The van der Waals surface area contributed by atoms with Crippen LogP contribution < -0.4 is 0 Å². The van der Waals surface area contributed by atoms with Crippen LogP contribution in [0.5, 0.6) is 0 Å². The third-order valence-corrected chi connectivity index (χ3v) is 4.82. The highest BCUT2D eigenvalue weighted by molar-refractivity contribution is 9.10. The molecule has 1 aromatic heterocycles. The molecule has 0 saturated heterocycles. The zero-order chi connectivity index (χ0) is 9.42. The maximum absolute atomic E-state index is 9.80. The number of aliphatic hydroxyl groups excluding tert-OH is 1. The monoisotopic (exact) mass is 280 g/mol. The van der Waals surface area contributed by atoms with Crippen LogP contribution in [0.3, 0.4) is 0 Å². The van der Waals surface area contributed by atoms with Gasteiger partial charge in [-0.15, -0.1) is 11.3 Å². The Morgan fingerprint density at radius 3 is 2.85 bits per heavy atom. The minimum absolute atomic E-state index is 0.318. The Hall–Kier alpha value is 0.430. The SMILES string of the molecule is OC(CC1CC1)c1cc(Br)c(Cl)s1. The standard InChI is InChI=1S/C9H10BrClOS/c10-6-4-8(13-9(6)11)7(12)3-5-1-2-5/h4-5,7,12H,1-3H2. The van der Waals surface area contributed by atoms with Gasteiger partial charge in [-0.2, -0.15) is 0 Å². The molecule has 0 bridgehead atoms. The predicted octanol–water partition coefficient (Wildman–Crippen LogP) is 4.00. The smallest absolute Gasteiger partial charge is 0.107 e. The fourth-order valence-electron chi connectivity index (χ4n) is 1.31. The van der Waals surface area contributed by atoms with E-state index in [0.717, 1.165) is 26.0 Å². The van der Waals surface area contributed by atoms with Crippen LogP contribution in [0.15, 0.2) is 10.5 Å². The maximum atomic E-state index is 9.80. The lowest BCUT2D eigenvalue weighted by Gasteiger charge is -2.05. The van der Waals surface area contributed by atoms with Crippen molar-refractivity contribution < 1.29 is 5.11 Å². The molecule has 1 aliphatic rings. The molecule has 0 aliphatic heterocycles. The van der Waals surface area contributed by atoms with E-state index in [2.05, 4.69) is 15.9 Å². The summed E-state index contributed by atoms with van der Waals surface area (Å²) in [5.74, 6) is 0.745. The van der Waals surface area contributed by atoms with E-state index in [4.69, 9.17) is 11.6 Å². The van der Waals surface area contributed by atoms with E-state index in [9.17, 15) is 5.11 Å². The van der Waals surface area contributed by atoms with Crippen LogP contribution in [0, 0.1) is 5.92 Å². The molecule has 4 heteroatoms. The number of hydrogen-bond acceptors (Lipinski definition) is 2. The second-order valence-electron chi connectivity index (χ2n) is 3.47. The fraction of sp³-hybridized carbons (Fsp3) is 0.556. The van der Waals surface area contributed by atoms with Crippen molar-refractivity contribution in [2.24, 2.45) is 5.92 Å². The molecule has 1 N–H and O–H groups in total. The molecule has 0 aromatic carbocycles. The third-order valence-electron chi connectivity index (χ3n) is 2.25. The summed E-state index contributed by atoms with van der Waals surface area (Å²) >= 11 is 10.7. The predicted molar refractivity (Wildman–Crippen MR) is 59.3 cm³/mol. The lowest BCUT2D eigenvalue weighted by molar-refractivity contribution is 0.164. The summed E-state index contributed by atoms with van der Waals surface area (Å²) in [6.45, 7) is 0. The molecule has 1 heterocycles. The van der Waals surface area contributed by atoms with Gasteiger partial charge in [0.2, 0.25) is 0 Å². The molecular weight excluding hydrogens is 272 g/mol. The first-order valence-corrected chi connectivity index (χ1v) is 6.28. The molecule has 1 unspecified atom stereocenters. The quantitative estimate of drug-likeness (QED) is 0.888. The number of thiophene rings is 1. The van der Waals surface area contributed by atoms with E-state index < -0.39 is 0 Å². The summed E-state index contributed by atoms with van der Waals surface area (Å²) in [7, 11) is 0. The van der Waals surface area contributed by atoms with Gasteiger partial charge in [-0.3, -0.25) is 0 Å². The number of halogens is 2. The molecule has 2 rings (SSSR count). The molecule has 1 saturated carbocycles. The molecule has 13 heavy (non-hydrogen) atoms. The molecule has 1 fully saturated rings. The van der Waals surface area contributed by atoms with Crippen LogP contribution in [0.2, 0.25) is 4.34 Å². The van der Waals surface area contributed by atoms with E-state index in [-0.39, 0.29) is 6.10 Å². The maximum Gasteiger partial charge on any atom is 0.107 e. The first kappa shape index (κ1) is 9.97. The molecule has 1 nitrogen and oxygen atoms in total. The molecule has 72 valence electrons. The zero-order valence-corrected chi connectivity index (χ0v) is 10.1. The van der Waals surface area contributed by atoms with Crippen molar-refractivity contribution in [1.29, 1.82) is 0 Å². The summed E-state index contributed by atoms with van der Waals surface area (Å²) in [4.78, 5) is 0.976. The molecular formula is C9H10BrClOS. The zero-order valence-electron chi connectivity index (χ0n) is 6.96. The van der Waals surface area contributed by atoms with Crippen LogP contribution in [-0.2, 0) is 0 Å². The number of rotatable bonds is 3. The lowest BCUT2D eigenvalue weighted by atomic mass is 10.1. The first-order chi connectivity index (χ1) is 6.16. The van der Waals surface area contributed by atoms with E-state index >= 15 is 0 Å². The Kier molecular flexibility index (Phi) is 2.98. The van der Waals surface area contributed by atoms with E-state index in [0.29, 0.717) is 0 Å². The van der Waals surface area contributed by atoms with Gasteiger partial charge in [-0.25, -0.2) is 0 Å². The molecule has 1 atom stereocenters. The van der Waals surface area contributed by atoms with Crippen molar-refractivity contribution in [1.82, 2.24) is 0 Å². The Labute approximate surface area is 94.9 Å². The Balaban J connectivity index is 2.05. The van der Waals surface area contributed by atoms with Crippen molar-refractivity contribution in [3.63, 3.8) is 0 Å². The second-order valence-corrected chi connectivity index (χ2v) is 6.01. The molecule has 1 aliphatic carbocycles. The number of aliphatic hydroxyl groups is 1. The van der Waals surface area contributed by atoms with Gasteiger partial charge in [0, 0.05) is 9.35 Å². The molecule has 1 aromatic rings. The van der Waals surface area contributed by atoms with Crippen LogP contribution in [0.4, 0.5) is 0 Å². The van der Waals surface area contributed by atoms with Crippen LogP contribution in [0.1, 0.15) is 30.2 Å². The minimum atomic E-state index is -0.318. The highest BCUT2D eigenvalue weighted by atomic mass is 79.9. The van der Waals surface area contributed by atoms with Crippen molar-refractivity contribution in [2.45, 2.75) is 25.4 Å². The fourth-order valence-corrected chi connectivity index (χ4v) is 3.05. The van der Waals surface area contributed by atoms with Gasteiger partial charge < -0.3 is 5.11 Å². The van der Waals surface area contributed by atoms with Gasteiger partial charge in [0.15, 0.2) is 0 Å². The van der Waals surface area contributed by atoms with Gasteiger partial charge >= 0.3 is 0 Å². The topological polar surface area (TPSA) is 20.2 Å². The van der Waals surface area contributed by atoms with Crippen molar-refractivity contribution in [3.8, 4) is 0 Å². The largest absolute Gasteiger partial charge is 0.388 e.